The maximum atomic E-state index is 5.24. The average Bonchev–Trinajstić information content (AvgIpc) is 2.30. The minimum Gasteiger partial charge on any atom is -0.293 e. The Balaban J connectivity index is 0.00000128. The molecule has 0 saturated heterocycles. The number of nitrogens with one attached hydrogen (secondary N) is 2. The third-order valence-electron chi connectivity index (χ3n) is 2.21. The van der Waals surface area contributed by atoms with E-state index in [1.165, 1.54) is 0 Å². The Kier molecular flexibility index (Phi) is 4.28. The number of halogens is 1. The van der Waals surface area contributed by atoms with Gasteiger partial charge in [0.05, 0.1) is 11.8 Å². The Labute approximate surface area is 100 Å². The van der Waals surface area contributed by atoms with Crippen molar-refractivity contribution in [1.29, 1.82) is 0 Å². The highest BCUT2D eigenvalue weighted by Gasteiger charge is 2.16. The van der Waals surface area contributed by atoms with E-state index in [0.717, 1.165) is 11.3 Å². The average molecular weight is 240 g/mol. The second-order valence-electron chi connectivity index (χ2n) is 3.27. The van der Waals surface area contributed by atoms with Crippen LogP contribution in [0.2, 0.25) is 0 Å². The number of hydrogen-bond acceptors (Lipinski definition) is 5. The molecule has 0 spiro atoms. The highest BCUT2D eigenvalue weighted by Crippen LogP contribution is 2.09. The van der Waals surface area contributed by atoms with Crippen molar-refractivity contribution >= 4 is 24.1 Å². The van der Waals surface area contributed by atoms with E-state index in [0.29, 0.717) is 5.96 Å². The second kappa shape index (κ2) is 5.48. The second-order valence-corrected chi connectivity index (χ2v) is 3.27. The predicted octanol–water partition coefficient (Wildman–Crippen LogP) is 0.624. The van der Waals surface area contributed by atoms with Crippen LogP contribution in [0.15, 0.2) is 40.4 Å². The van der Waals surface area contributed by atoms with E-state index in [4.69, 9.17) is 5.84 Å². The number of aliphatic imine (C=N–C) groups is 1. The lowest BCUT2D eigenvalue weighted by molar-refractivity contribution is 0.809. The molecule has 1 unspecified atom stereocenters. The topological polar surface area (TPSA) is 74.8 Å². The van der Waals surface area contributed by atoms with Crippen molar-refractivity contribution in [2.75, 3.05) is 0 Å². The minimum atomic E-state index is -0.000278. The zero-order chi connectivity index (χ0) is 10.7. The lowest BCUT2D eigenvalue weighted by Crippen LogP contribution is -2.44. The van der Waals surface area contributed by atoms with Crippen LogP contribution in [0.1, 0.15) is 12.5 Å². The van der Waals surface area contributed by atoms with Gasteiger partial charge in [0, 0.05) is 0 Å². The first-order valence-electron chi connectivity index (χ1n) is 4.74. The molecule has 1 aliphatic rings. The van der Waals surface area contributed by atoms with E-state index in [1.807, 2.05) is 37.3 Å². The van der Waals surface area contributed by atoms with Crippen LogP contribution in [0.4, 0.5) is 0 Å². The highest BCUT2D eigenvalue weighted by molar-refractivity contribution is 6.06. The molecule has 1 aliphatic heterocycles. The SMILES string of the molecule is CC1N=C(NN)NN=C1c1ccccc1.Cl. The fourth-order valence-corrected chi connectivity index (χ4v) is 1.47. The van der Waals surface area contributed by atoms with E-state index < -0.39 is 0 Å². The van der Waals surface area contributed by atoms with E-state index in [1.54, 1.807) is 0 Å². The number of rotatable bonds is 1. The van der Waals surface area contributed by atoms with Gasteiger partial charge in [0.2, 0.25) is 5.96 Å². The Morgan fingerprint density at radius 2 is 2.00 bits per heavy atom. The summed E-state index contributed by atoms with van der Waals surface area (Å²) in [5.41, 5.74) is 7.17. The summed E-state index contributed by atoms with van der Waals surface area (Å²) in [5.74, 6) is 5.73. The van der Waals surface area contributed by atoms with Gasteiger partial charge in [-0.15, -0.1) is 12.4 Å². The largest absolute Gasteiger partial charge is 0.293 e. The third kappa shape index (κ3) is 2.50. The van der Waals surface area contributed by atoms with Crippen molar-refractivity contribution in [1.82, 2.24) is 10.9 Å². The van der Waals surface area contributed by atoms with Gasteiger partial charge in [-0.25, -0.2) is 16.3 Å². The van der Waals surface area contributed by atoms with E-state index in [9.17, 15) is 0 Å². The first-order chi connectivity index (χ1) is 7.31. The van der Waals surface area contributed by atoms with Crippen LogP contribution < -0.4 is 16.7 Å². The minimum absolute atomic E-state index is 0. The lowest BCUT2D eigenvalue weighted by atomic mass is 10.0. The van der Waals surface area contributed by atoms with Crippen LogP contribution in [0, 0.1) is 0 Å². The first-order valence-corrected chi connectivity index (χ1v) is 4.74. The van der Waals surface area contributed by atoms with Gasteiger partial charge >= 0.3 is 0 Å². The van der Waals surface area contributed by atoms with Crippen molar-refractivity contribution in [3.63, 3.8) is 0 Å². The van der Waals surface area contributed by atoms with E-state index >= 15 is 0 Å². The fraction of sp³-hybridized carbons (Fsp3) is 0.200. The first kappa shape index (κ1) is 12.5. The van der Waals surface area contributed by atoms with Crippen molar-refractivity contribution in [3.8, 4) is 0 Å². The molecule has 1 heterocycles. The van der Waals surface area contributed by atoms with Gasteiger partial charge in [-0.3, -0.25) is 5.43 Å². The van der Waals surface area contributed by atoms with Gasteiger partial charge in [-0.2, -0.15) is 5.10 Å². The van der Waals surface area contributed by atoms with Crippen LogP contribution in [0.5, 0.6) is 0 Å². The predicted molar refractivity (Wildman–Crippen MR) is 67.6 cm³/mol. The highest BCUT2D eigenvalue weighted by atomic mass is 35.5. The molecule has 0 radical (unpaired) electrons. The Morgan fingerprint density at radius 3 is 2.56 bits per heavy atom. The zero-order valence-corrected chi connectivity index (χ0v) is 9.66. The van der Waals surface area contributed by atoms with Crippen molar-refractivity contribution in [2.24, 2.45) is 15.9 Å². The maximum Gasteiger partial charge on any atom is 0.227 e. The summed E-state index contributed by atoms with van der Waals surface area (Å²) in [7, 11) is 0. The molecular formula is C10H14ClN5. The monoisotopic (exact) mass is 239 g/mol. The third-order valence-corrected chi connectivity index (χ3v) is 2.21. The molecule has 1 atom stereocenters. The van der Waals surface area contributed by atoms with Crippen LogP contribution in [0.3, 0.4) is 0 Å². The molecule has 5 nitrogen and oxygen atoms in total. The molecule has 0 aromatic heterocycles. The summed E-state index contributed by atoms with van der Waals surface area (Å²) in [6.07, 6.45) is 0. The van der Waals surface area contributed by atoms with Crippen LogP contribution in [-0.4, -0.2) is 17.7 Å². The van der Waals surface area contributed by atoms with Gasteiger partial charge in [-0.05, 0) is 12.5 Å². The summed E-state index contributed by atoms with van der Waals surface area (Å²) in [4.78, 5) is 4.30. The maximum absolute atomic E-state index is 5.24. The molecule has 0 amide bonds. The molecule has 1 aromatic carbocycles. The summed E-state index contributed by atoms with van der Waals surface area (Å²) in [6.45, 7) is 1.98. The molecular weight excluding hydrogens is 226 g/mol. The number of hydrogen-bond donors (Lipinski definition) is 3. The van der Waals surface area contributed by atoms with E-state index in [-0.39, 0.29) is 18.4 Å². The summed E-state index contributed by atoms with van der Waals surface area (Å²) in [6, 6.07) is 9.94. The van der Waals surface area contributed by atoms with Gasteiger partial charge in [0.15, 0.2) is 0 Å². The molecule has 0 bridgehead atoms. The summed E-state index contributed by atoms with van der Waals surface area (Å²) in [5, 5.41) is 4.23. The lowest BCUT2D eigenvalue weighted by Gasteiger charge is -2.18. The Bertz CT molecular complexity index is 401. The smallest absolute Gasteiger partial charge is 0.227 e. The molecule has 1 aromatic rings. The van der Waals surface area contributed by atoms with Crippen molar-refractivity contribution < 1.29 is 0 Å². The number of nitrogens with zero attached hydrogens (tertiary/aromatic N) is 2. The summed E-state index contributed by atoms with van der Waals surface area (Å²) >= 11 is 0. The fourth-order valence-electron chi connectivity index (χ4n) is 1.47. The van der Waals surface area contributed by atoms with Gasteiger partial charge < -0.3 is 0 Å². The quantitative estimate of drug-likeness (QED) is 0.497. The van der Waals surface area contributed by atoms with Crippen molar-refractivity contribution in [2.45, 2.75) is 13.0 Å². The van der Waals surface area contributed by atoms with Gasteiger partial charge in [-0.1, -0.05) is 30.3 Å². The Hall–Kier alpha value is -1.59. The molecule has 16 heavy (non-hydrogen) atoms. The van der Waals surface area contributed by atoms with Gasteiger partial charge in [0.25, 0.3) is 0 Å². The molecule has 0 saturated carbocycles. The standard InChI is InChI=1S/C10H13N5.ClH/c1-7-9(8-5-3-2-4-6-8)14-15-10(12-7)13-11;/h2-7H,11H2,1H3,(H2,12,13,15);1H. The number of hydrazine groups is 1. The van der Waals surface area contributed by atoms with Gasteiger partial charge in [0.1, 0.15) is 0 Å². The number of hydrazone groups is 1. The molecule has 4 N–H and O–H groups in total. The van der Waals surface area contributed by atoms with E-state index in [2.05, 4.69) is 20.9 Å². The number of benzene rings is 1. The Morgan fingerprint density at radius 1 is 1.31 bits per heavy atom. The normalized spacial score (nSPS) is 18.8. The number of nitrogens with two attached hydrogens (primary N) is 1. The molecule has 0 fully saturated rings. The van der Waals surface area contributed by atoms with Crippen LogP contribution in [-0.2, 0) is 0 Å². The number of guanidine groups is 1. The van der Waals surface area contributed by atoms with Crippen molar-refractivity contribution in [3.05, 3.63) is 35.9 Å². The summed E-state index contributed by atoms with van der Waals surface area (Å²) < 4.78 is 0. The molecule has 2 rings (SSSR count). The molecule has 0 aliphatic carbocycles. The molecule has 86 valence electrons. The zero-order valence-electron chi connectivity index (χ0n) is 8.84. The molecule has 6 heteroatoms. The van der Waals surface area contributed by atoms with Crippen LogP contribution >= 0.6 is 12.4 Å². The van der Waals surface area contributed by atoms with Crippen LogP contribution in [0.25, 0.3) is 0 Å².